The molecule has 0 aromatic heterocycles. The van der Waals surface area contributed by atoms with Crippen molar-refractivity contribution in [3.63, 3.8) is 0 Å². The van der Waals surface area contributed by atoms with Gasteiger partial charge in [0.25, 0.3) is 0 Å². The number of carbonyl (C=O) groups excluding carboxylic acids is 2. The van der Waals surface area contributed by atoms with E-state index in [9.17, 15) is 18.0 Å². The molecule has 1 heterocycles. The molecule has 0 bridgehead atoms. The van der Waals surface area contributed by atoms with Gasteiger partial charge >= 0.3 is 6.03 Å². The van der Waals surface area contributed by atoms with Crippen molar-refractivity contribution in [2.45, 2.75) is 62.9 Å². The molecule has 10 heteroatoms. The third kappa shape index (κ3) is 6.60. The fourth-order valence-corrected chi connectivity index (χ4v) is 5.64. The van der Waals surface area contributed by atoms with Crippen molar-refractivity contribution in [1.82, 2.24) is 19.8 Å². The minimum Gasteiger partial charge on any atom is -0.497 e. The number of amides is 3. The average Bonchev–Trinajstić information content (AvgIpc) is 2.82. The van der Waals surface area contributed by atoms with Gasteiger partial charge in [0.2, 0.25) is 15.9 Å². The van der Waals surface area contributed by atoms with Crippen molar-refractivity contribution in [3.8, 4) is 5.75 Å². The molecule has 1 aromatic rings. The molecule has 2 aliphatic rings. The number of urea groups is 1. The van der Waals surface area contributed by atoms with Gasteiger partial charge in [0.15, 0.2) is 0 Å². The van der Waals surface area contributed by atoms with E-state index in [4.69, 9.17) is 4.74 Å². The highest BCUT2D eigenvalue weighted by Gasteiger charge is 2.34. The van der Waals surface area contributed by atoms with Crippen LogP contribution in [0.15, 0.2) is 29.2 Å². The minimum absolute atomic E-state index is 0.0744. The molecule has 184 valence electrons. The molecule has 2 fully saturated rings. The van der Waals surface area contributed by atoms with Gasteiger partial charge in [-0.1, -0.05) is 33.1 Å². The molecule has 1 saturated carbocycles. The molecule has 0 unspecified atom stereocenters. The van der Waals surface area contributed by atoms with Crippen LogP contribution in [0.25, 0.3) is 0 Å². The fourth-order valence-electron chi connectivity index (χ4n) is 4.30. The number of rotatable bonds is 7. The smallest absolute Gasteiger partial charge is 0.317 e. The van der Waals surface area contributed by atoms with Crippen LogP contribution in [-0.2, 0) is 14.8 Å². The van der Waals surface area contributed by atoms with Crippen LogP contribution in [0.1, 0.15) is 46.0 Å². The van der Waals surface area contributed by atoms with E-state index in [0.29, 0.717) is 31.9 Å². The molecule has 33 heavy (non-hydrogen) atoms. The lowest BCUT2D eigenvalue weighted by molar-refractivity contribution is -0.135. The summed E-state index contributed by atoms with van der Waals surface area (Å²) in [6.45, 7) is 5.25. The molecule has 1 aliphatic carbocycles. The van der Waals surface area contributed by atoms with E-state index in [-0.39, 0.29) is 28.8 Å². The first-order valence-electron chi connectivity index (χ1n) is 11.7. The fraction of sp³-hybridized carbons (Fsp3) is 0.652. The molecule has 1 atom stereocenters. The molecule has 1 aromatic carbocycles. The van der Waals surface area contributed by atoms with Gasteiger partial charge in [-0.15, -0.1) is 0 Å². The van der Waals surface area contributed by atoms with Gasteiger partial charge in [-0.05, 0) is 43.0 Å². The van der Waals surface area contributed by atoms with Gasteiger partial charge in [0, 0.05) is 32.2 Å². The van der Waals surface area contributed by atoms with Crippen molar-refractivity contribution in [3.05, 3.63) is 24.3 Å². The second kappa shape index (κ2) is 11.2. The Morgan fingerprint density at radius 1 is 0.970 bits per heavy atom. The molecule has 3 amide bonds. The Morgan fingerprint density at radius 2 is 1.55 bits per heavy atom. The third-order valence-electron chi connectivity index (χ3n) is 6.40. The average molecular weight is 481 g/mol. The zero-order valence-corrected chi connectivity index (χ0v) is 20.6. The third-order valence-corrected chi connectivity index (χ3v) is 7.85. The first-order valence-corrected chi connectivity index (χ1v) is 13.2. The van der Waals surface area contributed by atoms with Gasteiger partial charge in [0.05, 0.1) is 12.0 Å². The van der Waals surface area contributed by atoms with Gasteiger partial charge in [-0.2, -0.15) is 4.72 Å². The van der Waals surface area contributed by atoms with Crippen molar-refractivity contribution in [2.24, 2.45) is 5.92 Å². The summed E-state index contributed by atoms with van der Waals surface area (Å²) in [6.07, 6.45) is 5.57. The Hall–Kier alpha value is -2.33. The highest BCUT2D eigenvalue weighted by atomic mass is 32.2. The number of ether oxygens (including phenoxy) is 1. The lowest BCUT2D eigenvalue weighted by Crippen LogP contribution is -2.58. The molecular weight excluding hydrogens is 444 g/mol. The Morgan fingerprint density at radius 3 is 2.09 bits per heavy atom. The summed E-state index contributed by atoms with van der Waals surface area (Å²) in [7, 11) is -2.37. The maximum Gasteiger partial charge on any atom is 0.317 e. The van der Waals surface area contributed by atoms with Gasteiger partial charge in [-0.3, -0.25) is 4.79 Å². The Labute approximate surface area is 196 Å². The minimum atomic E-state index is -3.88. The number of piperazine rings is 1. The Bertz CT molecular complexity index is 905. The van der Waals surface area contributed by atoms with E-state index in [1.165, 1.54) is 25.7 Å². The van der Waals surface area contributed by atoms with Gasteiger partial charge < -0.3 is 19.9 Å². The normalized spacial score (nSPS) is 18.8. The molecule has 0 spiro atoms. The molecular formula is C23H36N4O5S. The van der Waals surface area contributed by atoms with Crippen molar-refractivity contribution in [1.29, 1.82) is 0 Å². The first-order chi connectivity index (χ1) is 15.7. The molecule has 2 N–H and O–H groups in total. The maximum absolute atomic E-state index is 13.2. The van der Waals surface area contributed by atoms with Crippen LogP contribution in [0.3, 0.4) is 0 Å². The van der Waals surface area contributed by atoms with Crippen molar-refractivity contribution in [2.75, 3.05) is 33.3 Å². The summed E-state index contributed by atoms with van der Waals surface area (Å²) in [5, 5.41) is 3.11. The SMILES string of the molecule is COc1ccc(S(=O)(=O)N[C@H](C(=O)N2CCN(C(=O)NC3CCCCC3)CC2)C(C)C)cc1. The lowest BCUT2D eigenvalue weighted by atomic mass is 9.96. The highest BCUT2D eigenvalue weighted by Crippen LogP contribution is 2.19. The van der Waals surface area contributed by atoms with E-state index in [1.54, 1.807) is 21.9 Å². The summed E-state index contributed by atoms with van der Waals surface area (Å²) in [5.74, 6) is 0.0448. The predicted molar refractivity (Wildman–Crippen MR) is 125 cm³/mol. The standard InChI is InChI=1S/C23H36N4O5S/c1-17(2)21(25-33(30,31)20-11-9-19(32-3)10-12-20)22(28)26-13-15-27(16-14-26)23(29)24-18-7-5-4-6-8-18/h9-12,17-18,21,25H,4-8,13-16H2,1-3H3,(H,24,29)/t21-/m0/s1. The van der Waals surface area contributed by atoms with Gasteiger partial charge in [-0.25, -0.2) is 13.2 Å². The summed E-state index contributed by atoms with van der Waals surface area (Å²) in [5.41, 5.74) is 0. The number of hydrogen-bond acceptors (Lipinski definition) is 5. The molecule has 1 aliphatic heterocycles. The topological polar surface area (TPSA) is 108 Å². The van der Waals surface area contributed by atoms with E-state index >= 15 is 0 Å². The van der Waals surface area contributed by atoms with Crippen LogP contribution in [0.4, 0.5) is 4.79 Å². The second-order valence-electron chi connectivity index (χ2n) is 9.12. The molecule has 1 saturated heterocycles. The van der Waals surface area contributed by atoms with Gasteiger partial charge in [0.1, 0.15) is 11.8 Å². The first kappa shape index (κ1) is 25.3. The van der Waals surface area contributed by atoms with Crippen LogP contribution in [0, 0.1) is 5.92 Å². The number of carbonyl (C=O) groups is 2. The van der Waals surface area contributed by atoms with Crippen LogP contribution in [-0.4, -0.2) is 75.5 Å². The number of nitrogens with zero attached hydrogens (tertiary/aromatic N) is 2. The van der Waals surface area contributed by atoms with E-state index in [1.807, 2.05) is 13.8 Å². The van der Waals surface area contributed by atoms with E-state index < -0.39 is 16.1 Å². The number of nitrogens with one attached hydrogen (secondary N) is 2. The number of hydrogen-bond donors (Lipinski definition) is 2. The molecule has 3 rings (SSSR count). The Kier molecular flexibility index (Phi) is 8.58. The summed E-state index contributed by atoms with van der Waals surface area (Å²) >= 11 is 0. The van der Waals surface area contributed by atoms with Crippen LogP contribution in [0.5, 0.6) is 5.75 Å². The number of benzene rings is 1. The molecule has 0 radical (unpaired) electrons. The second-order valence-corrected chi connectivity index (χ2v) is 10.8. The highest BCUT2D eigenvalue weighted by molar-refractivity contribution is 7.89. The number of methoxy groups -OCH3 is 1. The lowest BCUT2D eigenvalue weighted by Gasteiger charge is -2.38. The zero-order valence-electron chi connectivity index (χ0n) is 19.7. The van der Waals surface area contributed by atoms with E-state index in [2.05, 4.69) is 10.0 Å². The summed E-state index contributed by atoms with van der Waals surface area (Å²) in [4.78, 5) is 29.2. The zero-order chi connectivity index (χ0) is 24.0. The summed E-state index contributed by atoms with van der Waals surface area (Å²) < 4.78 is 33.4. The Balaban J connectivity index is 1.58. The maximum atomic E-state index is 13.2. The van der Waals surface area contributed by atoms with Crippen molar-refractivity contribution >= 4 is 22.0 Å². The quantitative estimate of drug-likeness (QED) is 0.622. The van der Waals surface area contributed by atoms with Crippen molar-refractivity contribution < 1.29 is 22.7 Å². The predicted octanol–water partition coefficient (Wildman–Crippen LogP) is 2.18. The van der Waals surface area contributed by atoms with Crippen LogP contribution in [0.2, 0.25) is 0 Å². The van der Waals surface area contributed by atoms with Crippen LogP contribution < -0.4 is 14.8 Å². The van der Waals surface area contributed by atoms with Crippen LogP contribution >= 0.6 is 0 Å². The monoisotopic (exact) mass is 480 g/mol. The largest absolute Gasteiger partial charge is 0.497 e. The summed E-state index contributed by atoms with van der Waals surface area (Å²) in [6, 6.07) is 5.31. The van der Waals surface area contributed by atoms with E-state index in [0.717, 1.165) is 25.7 Å². The number of sulfonamides is 1. The molecule has 9 nitrogen and oxygen atoms in total.